The lowest BCUT2D eigenvalue weighted by molar-refractivity contribution is -0.126. The molecule has 13 heteroatoms. The summed E-state index contributed by atoms with van der Waals surface area (Å²) >= 11 is 2.30. The third-order valence-electron chi connectivity index (χ3n) is 5.02. The maximum absolute atomic E-state index is 13.1. The second-order valence-corrected chi connectivity index (χ2v) is 10.3. The van der Waals surface area contributed by atoms with E-state index in [0.717, 1.165) is 11.7 Å². The van der Waals surface area contributed by atoms with E-state index in [9.17, 15) is 18.0 Å². The van der Waals surface area contributed by atoms with Gasteiger partial charge in [0.1, 0.15) is 15.9 Å². The van der Waals surface area contributed by atoms with Crippen molar-refractivity contribution in [3.8, 4) is 0 Å². The van der Waals surface area contributed by atoms with Gasteiger partial charge in [-0.25, -0.2) is 13.4 Å². The van der Waals surface area contributed by atoms with E-state index in [4.69, 9.17) is 0 Å². The fourth-order valence-electron chi connectivity index (χ4n) is 3.40. The SMILES string of the molecule is O=C(CCNC(=O)C1CCN(S(=O)(=O)c2cccc3nsnc23)CC1)Nc1nccs1. The van der Waals surface area contributed by atoms with E-state index >= 15 is 0 Å². The minimum atomic E-state index is -3.71. The van der Waals surface area contributed by atoms with Crippen molar-refractivity contribution < 1.29 is 18.0 Å². The highest BCUT2D eigenvalue weighted by atomic mass is 32.2. The maximum Gasteiger partial charge on any atom is 0.245 e. The number of benzene rings is 1. The van der Waals surface area contributed by atoms with E-state index in [2.05, 4.69) is 24.4 Å². The molecule has 1 fully saturated rings. The zero-order valence-corrected chi connectivity index (χ0v) is 18.8. The molecule has 2 amide bonds. The van der Waals surface area contributed by atoms with Gasteiger partial charge in [-0.05, 0) is 25.0 Å². The number of piperidine rings is 1. The first-order valence-corrected chi connectivity index (χ1v) is 12.7. The Kier molecular flexibility index (Phi) is 6.55. The van der Waals surface area contributed by atoms with Gasteiger partial charge in [0.15, 0.2) is 5.13 Å². The highest BCUT2D eigenvalue weighted by molar-refractivity contribution is 7.89. The number of carbonyl (C=O) groups is 2. The first-order chi connectivity index (χ1) is 14.9. The predicted molar refractivity (Wildman–Crippen MR) is 117 cm³/mol. The Morgan fingerprint density at radius 2 is 2.00 bits per heavy atom. The first kappa shape index (κ1) is 21.7. The van der Waals surface area contributed by atoms with Gasteiger partial charge in [0.05, 0.1) is 11.7 Å². The summed E-state index contributed by atoms with van der Waals surface area (Å²) in [7, 11) is -3.71. The van der Waals surface area contributed by atoms with Gasteiger partial charge in [0.25, 0.3) is 0 Å². The normalized spacial score (nSPS) is 15.7. The van der Waals surface area contributed by atoms with Gasteiger partial charge in [-0.3, -0.25) is 9.59 Å². The Morgan fingerprint density at radius 1 is 1.19 bits per heavy atom. The molecule has 2 aromatic heterocycles. The molecule has 0 bridgehead atoms. The third kappa shape index (κ3) is 4.89. The summed E-state index contributed by atoms with van der Waals surface area (Å²) in [6, 6.07) is 4.92. The van der Waals surface area contributed by atoms with Crippen LogP contribution in [0.2, 0.25) is 0 Å². The molecule has 0 radical (unpaired) electrons. The Morgan fingerprint density at radius 3 is 2.74 bits per heavy atom. The van der Waals surface area contributed by atoms with Gasteiger partial charge in [-0.15, -0.1) is 11.3 Å². The summed E-state index contributed by atoms with van der Waals surface area (Å²) in [4.78, 5) is 28.4. The molecular weight excluding hydrogens is 460 g/mol. The number of thiazole rings is 1. The van der Waals surface area contributed by atoms with Crippen molar-refractivity contribution in [1.82, 2.24) is 23.4 Å². The number of amides is 2. The fourth-order valence-corrected chi connectivity index (χ4v) is 6.16. The van der Waals surface area contributed by atoms with Gasteiger partial charge in [-0.2, -0.15) is 13.1 Å². The molecule has 0 spiro atoms. The summed E-state index contributed by atoms with van der Waals surface area (Å²) in [5, 5.41) is 7.71. The largest absolute Gasteiger partial charge is 0.355 e. The number of carbonyl (C=O) groups excluding carboxylic acids is 2. The lowest BCUT2D eigenvalue weighted by Gasteiger charge is -2.30. The summed E-state index contributed by atoms with van der Waals surface area (Å²) < 4.78 is 35.7. The topological polar surface area (TPSA) is 134 Å². The van der Waals surface area contributed by atoms with E-state index in [1.54, 1.807) is 23.7 Å². The molecule has 3 aromatic rings. The molecule has 2 N–H and O–H groups in total. The van der Waals surface area contributed by atoms with E-state index in [1.807, 2.05) is 0 Å². The molecule has 0 atom stereocenters. The smallest absolute Gasteiger partial charge is 0.245 e. The van der Waals surface area contributed by atoms with Crippen LogP contribution in [0.15, 0.2) is 34.7 Å². The molecule has 0 aliphatic carbocycles. The minimum Gasteiger partial charge on any atom is -0.355 e. The monoisotopic (exact) mass is 480 g/mol. The molecule has 1 aromatic carbocycles. The van der Waals surface area contributed by atoms with Gasteiger partial charge in [0, 0.05) is 43.5 Å². The lowest BCUT2D eigenvalue weighted by Crippen LogP contribution is -2.43. The van der Waals surface area contributed by atoms with Crippen LogP contribution in [0.5, 0.6) is 0 Å². The highest BCUT2D eigenvalue weighted by Gasteiger charge is 2.33. The number of fused-ring (bicyclic) bond motifs is 1. The molecule has 10 nitrogen and oxygen atoms in total. The molecule has 31 heavy (non-hydrogen) atoms. The third-order valence-corrected chi connectivity index (χ3v) is 8.18. The molecule has 0 unspecified atom stereocenters. The quantitative estimate of drug-likeness (QED) is 0.525. The second-order valence-electron chi connectivity index (χ2n) is 6.99. The number of hydrogen-bond donors (Lipinski definition) is 2. The predicted octanol–water partition coefficient (Wildman–Crippen LogP) is 1.69. The molecule has 1 aliphatic heterocycles. The summed E-state index contributed by atoms with van der Waals surface area (Å²) in [6.45, 7) is 0.713. The summed E-state index contributed by atoms with van der Waals surface area (Å²) in [5.41, 5.74) is 0.933. The Balaban J connectivity index is 1.27. The van der Waals surface area contributed by atoms with Crippen molar-refractivity contribution >= 4 is 61.1 Å². The van der Waals surface area contributed by atoms with Crippen LogP contribution in [0.25, 0.3) is 11.0 Å². The van der Waals surface area contributed by atoms with E-state index in [1.165, 1.54) is 21.7 Å². The van der Waals surface area contributed by atoms with Crippen molar-refractivity contribution in [3.05, 3.63) is 29.8 Å². The fraction of sp³-hybridized carbons (Fsp3) is 0.389. The zero-order chi connectivity index (χ0) is 21.8. The van der Waals surface area contributed by atoms with Crippen LogP contribution in [0.1, 0.15) is 19.3 Å². The van der Waals surface area contributed by atoms with Crippen molar-refractivity contribution in [3.63, 3.8) is 0 Å². The molecule has 0 saturated carbocycles. The van der Waals surface area contributed by atoms with Crippen LogP contribution < -0.4 is 10.6 Å². The van der Waals surface area contributed by atoms with Crippen LogP contribution in [0.4, 0.5) is 5.13 Å². The van der Waals surface area contributed by atoms with Crippen molar-refractivity contribution in [2.45, 2.75) is 24.2 Å². The van der Waals surface area contributed by atoms with Crippen LogP contribution in [0.3, 0.4) is 0 Å². The van der Waals surface area contributed by atoms with Crippen LogP contribution in [-0.2, 0) is 19.6 Å². The summed E-state index contributed by atoms with van der Waals surface area (Å²) in [6.07, 6.45) is 2.58. The lowest BCUT2D eigenvalue weighted by atomic mass is 9.97. The number of nitrogens with zero attached hydrogens (tertiary/aromatic N) is 4. The zero-order valence-electron chi connectivity index (χ0n) is 16.4. The minimum absolute atomic E-state index is 0.143. The van der Waals surface area contributed by atoms with Crippen LogP contribution in [-0.4, -0.2) is 57.9 Å². The van der Waals surface area contributed by atoms with E-state index in [0.29, 0.717) is 29.0 Å². The van der Waals surface area contributed by atoms with Gasteiger partial charge < -0.3 is 10.6 Å². The number of sulfonamides is 1. The van der Waals surface area contributed by atoms with Crippen LogP contribution in [0, 0.1) is 5.92 Å². The number of anilines is 1. The summed E-state index contributed by atoms with van der Waals surface area (Å²) in [5.74, 6) is -0.669. The molecular formula is C18H20N6O4S3. The number of aromatic nitrogens is 3. The van der Waals surface area contributed by atoms with Crippen molar-refractivity contribution in [1.29, 1.82) is 0 Å². The van der Waals surface area contributed by atoms with Gasteiger partial charge in [-0.1, -0.05) is 6.07 Å². The molecule has 164 valence electrons. The van der Waals surface area contributed by atoms with Gasteiger partial charge >= 0.3 is 0 Å². The highest BCUT2D eigenvalue weighted by Crippen LogP contribution is 2.28. The molecule has 3 heterocycles. The molecule has 1 aliphatic rings. The Hall–Kier alpha value is -2.48. The standard InChI is InChI=1S/C18H20N6O4S3/c25-15(21-18-20-8-11-29-18)4-7-19-17(26)12-5-9-24(10-6-12)31(27,28)14-3-1-2-13-16(14)23-30-22-13/h1-3,8,11-12H,4-7,9-10H2,(H,19,26)(H,20,21,25). The Bertz CT molecular complexity index is 1170. The average molecular weight is 481 g/mol. The van der Waals surface area contributed by atoms with Crippen molar-refractivity contribution in [2.75, 3.05) is 25.0 Å². The first-order valence-electron chi connectivity index (χ1n) is 9.63. The Labute approximate surface area is 187 Å². The molecule has 1 saturated heterocycles. The van der Waals surface area contributed by atoms with Gasteiger partial charge in [0.2, 0.25) is 21.8 Å². The molecule has 4 rings (SSSR count). The number of hydrogen-bond acceptors (Lipinski definition) is 9. The average Bonchev–Trinajstić information content (AvgIpc) is 3.45. The van der Waals surface area contributed by atoms with Crippen molar-refractivity contribution in [2.24, 2.45) is 5.92 Å². The second kappa shape index (κ2) is 9.34. The maximum atomic E-state index is 13.1. The van der Waals surface area contributed by atoms with E-state index < -0.39 is 10.0 Å². The van der Waals surface area contributed by atoms with E-state index in [-0.39, 0.29) is 48.7 Å². The number of nitrogens with one attached hydrogen (secondary N) is 2. The number of rotatable bonds is 7. The van der Waals surface area contributed by atoms with Crippen LogP contribution >= 0.6 is 23.1 Å².